The second-order valence-electron chi connectivity index (χ2n) is 14.8. The number of nitrogen functional groups attached to an aromatic ring is 1. The van der Waals surface area contributed by atoms with E-state index in [0.717, 1.165) is 93.3 Å². The van der Waals surface area contributed by atoms with Crippen molar-refractivity contribution >= 4 is 17.7 Å². The molecule has 4 N–H and O–H groups in total. The Hall–Kier alpha value is -4.85. The van der Waals surface area contributed by atoms with E-state index in [1.165, 1.54) is 17.2 Å². The van der Waals surface area contributed by atoms with Crippen LogP contribution in [0.4, 0.5) is 11.8 Å². The van der Waals surface area contributed by atoms with Crippen molar-refractivity contribution in [3.63, 3.8) is 0 Å². The Balaban J connectivity index is 0.948. The highest BCUT2D eigenvalue weighted by Gasteiger charge is 2.33. The summed E-state index contributed by atoms with van der Waals surface area (Å²) in [6.07, 6.45) is 6.58. The number of morpholine rings is 1. The van der Waals surface area contributed by atoms with Crippen LogP contribution in [0.5, 0.6) is 11.5 Å². The van der Waals surface area contributed by atoms with E-state index in [4.69, 9.17) is 20.4 Å². The molecule has 13 heteroatoms. The number of anilines is 2. The van der Waals surface area contributed by atoms with Crippen LogP contribution in [-0.4, -0.2) is 103 Å². The molecule has 272 valence electrons. The van der Waals surface area contributed by atoms with E-state index < -0.39 is 0 Å². The van der Waals surface area contributed by atoms with Gasteiger partial charge in [-0.05, 0) is 60.0 Å². The third-order valence-electron chi connectivity index (χ3n) is 11.0. The number of aromatic hydroxyl groups is 2. The Morgan fingerprint density at radius 2 is 1.75 bits per heavy atom. The van der Waals surface area contributed by atoms with Crippen LogP contribution in [0, 0.1) is 0 Å². The molecule has 2 saturated heterocycles. The number of phenols is 2. The summed E-state index contributed by atoms with van der Waals surface area (Å²) in [5.74, 6) is 1.47. The number of amides is 1. The number of rotatable bonds is 7. The highest BCUT2D eigenvalue weighted by Crippen LogP contribution is 2.36. The standard InChI is InChI=1S/C39H47N9O4/c1-24(2)31-15-32(35(50)16-34(31)49)38(51)48-20-26-6-5-25(14-27(26)21-48)19-45-8-3-4-29(22-45)47-9-7-30-33(23-47)43-36(28-17-41-39(40)42-18-28)44-37(30)46-10-12-52-13-11-46/h5-6,14-18,24,29,49-50H,3-4,7-13,19-23H2,1-2H3,(H2,40,41,42). The molecule has 0 aliphatic carbocycles. The summed E-state index contributed by atoms with van der Waals surface area (Å²) in [7, 11) is 0. The number of carbonyl (C=O) groups excluding carboxylic acids is 1. The Kier molecular flexibility index (Phi) is 9.41. The molecule has 4 aliphatic heterocycles. The van der Waals surface area contributed by atoms with E-state index >= 15 is 0 Å². The SMILES string of the molecule is CC(C)c1cc(C(=O)N2Cc3ccc(CN4CCCC(N5CCc6c(nc(-c7cnc(N)nc7)nc6N6CCOCC6)C5)C4)cc3C2)c(O)cc1O. The number of nitrogens with zero attached hydrogens (tertiary/aromatic N) is 8. The van der Waals surface area contributed by atoms with Gasteiger partial charge in [0.25, 0.3) is 5.91 Å². The number of piperidine rings is 1. The summed E-state index contributed by atoms with van der Waals surface area (Å²) in [6.45, 7) is 12.5. The maximum atomic E-state index is 13.5. The first-order valence-electron chi connectivity index (χ1n) is 18.4. The molecular formula is C39H47N9O4. The summed E-state index contributed by atoms with van der Waals surface area (Å²) < 4.78 is 5.65. The van der Waals surface area contributed by atoms with Crippen LogP contribution in [-0.2, 0) is 37.3 Å². The van der Waals surface area contributed by atoms with Crippen molar-refractivity contribution in [3.05, 3.63) is 81.8 Å². The number of hydrogen-bond donors (Lipinski definition) is 3. The zero-order valence-electron chi connectivity index (χ0n) is 30.0. The number of ether oxygens (including phenoxy) is 1. The van der Waals surface area contributed by atoms with Gasteiger partial charge in [0, 0.05) is 82.4 Å². The minimum atomic E-state index is -0.226. The van der Waals surface area contributed by atoms with Crippen LogP contribution in [0.3, 0.4) is 0 Å². The first-order valence-corrected chi connectivity index (χ1v) is 18.4. The summed E-state index contributed by atoms with van der Waals surface area (Å²) in [5.41, 5.74) is 13.2. The van der Waals surface area contributed by atoms with Gasteiger partial charge in [-0.25, -0.2) is 19.9 Å². The van der Waals surface area contributed by atoms with Crippen molar-refractivity contribution in [2.75, 3.05) is 56.6 Å². The number of aromatic nitrogens is 4. The molecule has 0 radical (unpaired) electrons. The van der Waals surface area contributed by atoms with E-state index in [2.05, 4.69) is 42.9 Å². The fourth-order valence-electron chi connectivity index (χ4n) is 8.18. The second-order valence-corrected chi connectivity index (χ2v) is 14.8. The molecule has 4 aromatic rings. The van der Waals surface area contributed by atoms with Crippen molar-refractivity contribution in [2.24, 2.45) is 0 Å². The minimum Gasteiger partial charge on any atom is -0.508 e. The molecule has 2 aromatic heterocycles. The van der Waals surface area contributed by atoms with E-state index in [0.29, 0.717) is 43.7 Å². The molecule has 0 saturated carbocycles. The lowest BCUT2D eigenvalue weighted by Crippen LogP contribution is -2.49. The highest BCUT2D eigenvalue weighted by atomic mass is 16.5. The molecular weight excluding hydrogens is 658 g/mol. The first-order chi connectivity index (χ1) is 25.2. The molecule has 52 heavy (non-hydrogen) atoms. The molecule has 2 fully saturated rings. The van der Waals surface area contributed by atoms with Gasteiger partial charge in [-0.2, -0.15) is 0 Å². The van der Waals surface area contributed by atoms with Gasteiger partial charge in [0.2, 0.25) is 5.95 Å². The molecule has 1 unspecified atom stereocenters. The van der Waals surface area contributed by atoms with Crippen LogP contribution >= 0.6 is 0 Å². The summed E-state index contributed by atoms with van der Waals surface area (Å²) in [4.78, 5) is 41.3. The monoisotopic (exact) mass is 705 g/mol. The Labute approximate surface area is 304 Å². The Morgan fingerprint density at radius 3 is 2.54 bits per heavy atom. The van der Waals surface area contributed by atoms with E-state index in [1.54, 1.807) is 23.4 Å². The molecule has 4 aliphatic rings. The van der Waals surface area contributed by atoms with Gasteiger partial charge in [0.1, 0.15) is 17.3 Å². The van der Waals surface area contributed by atoms with Crippen LogP contribution < -0.4 is 10.6 Å². The summed E-state index contributed by atoms with van der Waals surface area (Å²) in [5, 5.41) is 20.8. The molecule has 0 spiro atoms. The highest BCUT2D eigenvalue weighted by molar-refractivity contribution is 5.97. The van der Waals surface area contributed by atoms with Crippen LogP contribution in [0.25, 0.3) is 11.4 Å². The van der Waals surface area contributed by atoms with Crippen LogP contribution in [0.2, 0.25) is 0 Å². The number of benzene rings is 2. The average molecular weight is 706 g/mol. The van der Waals surface area contributed by atoms with Gasteiger partial charge in [-0.3, -0.25) is 14.6 Å². The number of nitrogens with two attached hydrogens (primary N) is 1. The number of hydrogen-bond acceptors (Lipinski definition) is 12. The van der Waals surface area contributed by atoms with Crippen molar-refractivity contribution in [3.8, 4) is 22.9 Å². The third-order valence-corrected chi connectivity index (χ3v) is 11.0. The fourth-order valence-corrected chi connectivity index (χ4v) is 8.18. The molecule has 13 nitrogen and oxygen atoms in total. The number of phenolic OH excluding ortho intramolecular Hbond substituents is 2. The molecule has 2 aromatic carbocycles. The number of likely N-dealkylation sites (tertiary alicyclic amines) is 1. The smallest absolute Gasteiger partial charge is 0.258 e. The summed E-state index contributed by atoms with van der Waals surface area (Å²) >= 11 is 0. The van der Waals surface area contributed by atoms with Crippen molar-refractivity contribution < 1.29 is 19.7 Å². The van der Waals surface area contributed by atoms with Crippen molar-refractivity contribution in [1.29, 1.82) is 0 Å². The number of carbonyl (C=O) groups is 1. The van der Waals surface area contributed by atoms with E-state index in [-0.39, 0.29) is 34.8 Å². The molecule has 8 rings (SSSR count). The third kappa shape index (κ3) is 6.87. The first kappa shape index (κ1) is 34.2. The van der Waals surface area contributed by atoms with Crippen LogP contribution in [0.1, 0.15) is 76.5 Å². The van der Waals surface area contributed by atoms with Crippen LogP contribution in [0.15, 0.2) is 42.7 Å². The average Bonchev–Trinajstić information content (AvgIpc) is 3.58. The predicted molar refractivity (Wildman–Crippen MR) is 197 cm³/mol. The predicted octanol–water partition coefficient (Wildman–Crippen LogP) is 4.07. The molecule has 6 heterocycles. The zero-order valence-corrected chi connectivity index (χ0v) is 30.0. The lowest BCUT2D eigenvalue weighted by molar-refractivity contribution is 0.0748. The fraction of sp³-hybridized carbons (Fsp3) is 0.462. The van der Waals surface area contributed by atoms with Crippen molar-refractivity contribution in [1.82, 2.24) is 34.6 Å². The van der Waals surface area contributed by atoms with Gasteiger partial charge >= 0.3 is 0 Å². The number of fused-ring (bicyclic) bond motifs is 2. The maximum absolute atomic E-state index is 13.5. The Morgan fingerprint density at radius 1 is 0.962 bits per heavy atom. The van der Waals surface area contributed by atoms with E-state index in [1.807, 2.05) is 13.8 Å². The van der Waals surface area contributed by atoms with E-state index in [9.17, 15) is 15.0 Å². The largest absolute Gasteiger partial charge is 0.508 e. The van der Waals surface area contributed by atoms with Gasteiger partial charge in [0.15, 0.2) is 5.82 Å². The quantitative estimate of drug-likeness (QED) is 0.254. The normalized spacial score (nSPS) is 19.6. The van der Waals surface area contributed by atoms with Gasteiger partial charge < -0.3 is 30.5 Å². The zero-order chi connectivity index (χ0) is 35.9. The Bertz CT molecular complexity index is 1960. The maximum Gasteiger partial charge on any atom is 0.258 e. The van der Waals surface area contributed by atoms with Gasteiger partial charge in [-0.15, -0.1) is 0 Å². The van der Waals surface area contributed by atoms with Gasteiger partial charge in [-0.1, -0.05) is 32.0 Å². The van der Waals surface area contributed by atoms with Crippen molar-refractivity contribution in [2.45, 2.75) is 71.2 Å². The molecule has 1 amide bonds. The summed E-state index contributed by atoms with van der Waals surface area (Å²) in [6, 6.07) is 9.91. The lowest BCUT2D eigenvalue weighted by atomic mass is 9.97. The molecule has 1 atom stereocenters. The lowest BCUT2D eigenvalue weighted by Gasteiger charge is -2.42. The second kappa shape index (κ2) is 14.3. The topological polar surface area (TPSA) is 157 Å². The molecule has 0 bridgehead atoms. The minimum absolute atomic E-state index is 0.00868. The van der Waals surface area contributed by atoms with Gasteiger partial charge in [0.05, 0.1) is 30.0 Å².